The lowest BCUT2D eigenvalue weighted by Gasteiger charge is -2.21. The van der Waals surface area contributed by atoms with Crippen molar-refractivity contribution in [2.75, 3.05) is 0 Å². The molecule has 1 aliphatic carbocycles. The molecule has 0 bridgehead atoms. The normalized spacial score (nSPS) is 14.7. The summed E-state index contributed by atoms with van der Waals surface area (Å²) >= 11 is 0. The summed E-state index contributed by atoms with van der Waals surface area (Å²) in [5.41, 5.74) is 12.7. The van der Waals surface area contributed by atoms with Crippen molar-refractivity contribution in [2.45, 2.75) is 19.3 Å². The number of hydrogen-bond donors (Lipinski definition) is 0. The van der Waals surface area contributed by atoms with Gasteiger partial charge in [-0.3, -0.25) is 0 Å². The van der Waals surface area contributed by atoms with Gasteiger partial charge < -0.3 is 4.57 Å². The van der Waals surface area contributed by atoms with Crippen molar-refractivity contribution in [2.24, 2.45) is 0 Å². The fraction of sp³-hybridized carbons (Fsp3) is 0.0588. The molecule has 0 fully saturated rings. The van der Waals surface area contributed by atoms with Crippen LogP contribution in [-0.4, -0.2) is 4.57 Å². The molecule has 0 radical (unpaired) electrons. The van der Waals surface area contributed by atoms with Gasteiger partial charge in [-0.25, -0.2) is 0 Å². The van der Waals surface area contributed by atoms with Crippen LogP contribution in [0.1, 0.15) is 31.8 Å². The Morgan fingerprint density at radius 3 is 1.77 bits per heavy atom. The molecule has 10 aromatic rings. The molecule has 0 aliphatic heterocycles. The molecular weight excluding hydrogens is 627 g/mol. The van der Waals surface area contributed by atoms with Crippen LogP contribution in [0.25, 0.3) is 93.5 Å². The van der Waals surface area contributed by atoms with Crippen molar-refractivity contribution in [3.8, 4) is 50.3 Å². The molecular formula is C51H35N. The number of hydrogen-bond acceptors (Lipinski definition) is 0. The van der Waals surface area contributed by atoms with Crippen LogP contribution in [0.4, 0.5) is 0 Å². The number of rotatable bonds is 4. The second kappa shape index (κ2) is 10.8. The fourth-order valence-corrected chi connectivity index (χ4v) is 9.07. The zero-order valence-electron chi connectivity index (χ0n) is 33.8. The Morgan fingerprint density at radius 1 is 0.481 bits per heavy atom. The van der Waals surface area contributed by atoms with E-state index in [0.29, 0.717) is 5.56 Å². The number of aromatic nitrogens is 1. The molecule has 0 unspecified atom stereocenters. The monoisotopic (exact) mass is 666 g/mol. The van der Waals surface area contributed by atoms with Crippen LogP contribution < -0.4 is 0 Å². The third kappa shape index (κ3) is 4.05. The van der Waals surface area contributed by atoms with Gasteiger partial charge in [-0.15, -0.1) is 0 Å². The van der Waals surface area contributed by atoms with Gasteiger partial charge in [0.25, 0.3) is 0 Å². The van der Waals surface area contributed by atoms with E-state index in [2.05, 4.69) is 140 Å². The van der Waals surface area contributed by atoms with Crippen molar-refractivity contribution in [1.82, 2.24) is 4.57 Å². The van der Waals surface area contributed by atoms with Gasteiger partial charge in [-0.1, -0.05) is 171 Å². The number of fused-ring (bicyclic) bond motifs is 5. The quantitative estimate of drug-likeness (QED) is 0.165. The Bertz CT molecular complexity index is 3280. The third-order valence-electron chi connectivity index (χ3n) is 11.4. The molecule has 9 aromatic carbocycles. The Morgan fingerprint density at radius 2 is 1.06 bits per heavy atom. The molecule has 1 aliphatic rings. The van der Waals surface area contributed by atoms with Crippen LogP contribution in [0.15, 0.2) is 176 Å². The van der Waals surface area contributed by atoms with Crippen LogP contribution in [0.5, 0.6) is 0 Å². The first-order valence-corrected chi connectivity index (χ1v) is 17.9. The molecule has 1 heterocycles. The largest absolute Gasteiger partial charge is 0.309 e. The van der Waals surface area contributed by atoms with Crippen LogP contribution >= 0.6 is 0 Å². The van der Waals surface area contributed by atoms with Gasteiger partial charge in [0.15, 0.2) is 0 Å². The zero-order chi connectivity index (χ0) is 38.9. The number of benzene rings is 9. The van der Waals surface area contributed by atoms with Gasteiger partial charge in [0.1, 0.15) is 0 Å². The summed E-state index contributed by atoms with van der Waals surface area (Å²) in [5.74, 6) is 0. The zero-order valence-corrected chi connectivity index (χ0v) is 28.8. The SMILES string of the molecule is [2H]c1c([2H])c([2H])c(-c2ccc3ccc4c(-c5ccc6c7c(n(-c8ccc(-c9ccccc9)cc8)c6c5)-c5ccccc5C7(C)C)ccc5ccc2c3c54)c([2H])c1[2H]. The first-order valence-electron chi connectivity index (χ1n) is 20.4. The maximum Gasteiger partial charge on any atom is 0.0629 e. The summed E-state index contributed by atoms with van der Waals surface area (Å²) in [6, 6.07) is 50.5. The lowest BCUT2D eigenvalue weighted by Crippen LogP contribution is -2.14. The predicted molar refractivity (Wildman–Crippen MR) is 221 cm³/mol. The maximum atomic E-state index is 8.77. The molecule has 244 valence electrons. The molecule has 1 nitrogen and oxygen atoms in total. The minimum absolute atomic E-state index is 0.189. The van der Waals surface area contributed by atoms with Crippen molar-refractivity contribution in [3.05, 3.63) is 187 Å². The lowest BCUT2D eigenvalue weighted by atomic mass is 9.81. The third-order valence-corrected chi connectivity index (χ3v) is 11.4. The highest BCUT2D eigenvalue weighted by molar-refractivity contribution is 6.27. The summed E-state index contributed by atoms with van der Waals surface area (Å²) in [4.78, 5) is 0. The Labute approximate surface area is 310 Å². The van der Waals surface area contributed by atoms with E-state index in [1.807, 2.05) is 24.3 Å². The molecule has 0 saturated carbocycles. The van der Waals surface area contributed by atoms with Crippen molar-refractivity contribution < 1.29 is 6.85 Å². The van der Waals surface area contributed by atoms with Crippen molar-refractivity contribution in [3.63, 3.8) is 0 Å². The molecule has 52 heavy (non-hydrogen) atoms. The van der Waals surface area contributed by atoms with Gasteiger partial charge in [-0.2, -0.15) is 0 Å². The van der Waals surface area contributed by atoms with Crippen LogP contribution in [0.2, 0.25) is 0 Å². The van der Waals surface area contributed by atoms with E-state index in [-0.39, 0.29) is 41.2 Å². The molecule has 0 atom stereocenters. The number of nitrogens with zero attached hydrogens (tertiary/aromatic N) is 1. The van der Waals surface area contributed by atoms with Gasteiger partial charge in [0, 0.05) is 22.1 Å². The van der Waals surface area contributed by atoms with Gasteiger partial charge in [0.2, 0.25) is 0 Å². The van der Waals surface area contributed by atoms with Gasteiger partial charge in [0.05, 0.1) is 18.1 Å². The minimum atomic E-state index is -0.388. The molecule has 1 heteroatoms. The summed E-state index contributed by atoms with van der Waals surface area (Å²) in [6.45, 7) is 4.68. The average Bonchev–Trinajstić information content (AvgIpc) is 3.71. The molecule has 0 saturated heterocycles. The Balaban J connectivity index is 1.15. The first kappa shape index (κ1) is 24.7. The fourth-order valence-electron chi connectivity index (χ4n) is 9.07. The van der Waals surface area contributed by atoms with Crippen LogP contribution in [0.3, 0.4) is 0 Å². The van der Waals surface area contributed by atoms with E-state index in [1.165, 1.54) is 38.9 Å². The molecule has 0 N–H and O–H groups in total. The van der Waals surface area contributed by atoms with E-state index >= 15 is 0 Å². The van der Waals surface area contributed by atoms with E-state index in [9.17, 15) is 0 Å². The first-order chi connectivity index (χ1) is 27.6. The van der Waals surface area contributed by atoms with E-state index in [1.54, 1.807) is 0 Å². The standard InChI is InChI=1S/C51H35N/c1-51(2)45-16-10-9-15-43(45)50-49(51)44-30-23-37(31-46(44)52(50)38-24-17-33(18-25-38)32-11-5-3-6-12-32)40-27-20-36-21-28-41-39(34-13-7-4-8-14-34)26-19-35-22-29-42(40)48(36)47(35)41/h3-31H,1-2H3/i4D,7D,8D,13D,14D. The summed E-state index contributed by atoms with van der Waals surface area (Å²) in [5, 5.41) is 7.46. The second-order valence-electron chi connectivity index (χ2n) is 14.5. The van der Waals surface area contributed by atoms with E-state index in [0.717, 1.165) is 54.6 Å². The molecule has 1 aromatic heterocycles. The summed E-state index contributed by atoms with van der Waals surface area (Å²) in [6.07, 6.45) is 0. The Kier molecular flexibility index (Phi) is 5.11. The smallest absolute Gasteiger partial charge is 0.0629 e. The van der Waals surface area contributed by atoms with Crippen LogP contribution in [-0.2, 0) is 5.41 Å². The molecule has 0 spiro atoms. The highest BCUT2D eigenvalue weighted by Crippen LogP contribution is 2.54. The van der Waals surface area contributed by atoms with Gasteiger partial charge in [-0.05, 0) is 95.0 Å². The minimum Gasteiger partial charge on any atom is -0.309 e. The molecule has 11 rings (SSSR count). The topological polar surface area (TPSA) is 4.93 Å². The average molecular weight is 667 g/mol. The highest BCUT2D eigenvalue weighted by atomic mass is 15.0. The molecule has 0 amide bonds. The summed E-state index contributed by atoms with van der Waals surface area (Å²) in [7, 11) is 0. The van der Waals surface area contributed by atoms with Crippen molar-refractivity contribution in [1.29, 1.82) is 0 Å². The predicted octanol–water partition coefficient (Wildman–Crippen LogP) is 13.8. The maximum absolute atomic E-state index is 8.77. The van der Waals surface area contributed by atoms with E-state index in [4.69, 9.17) is 6.85 Å². The lowest BCUT2D eigenvalue weighted by molar-refractivity contribution is 0.666. The van der Waals surface area contributed by atoms with E-state index < -0.39 is 0 Å². The second-order valence-corrected chi connectivity index (χ2v) is 14.5. The van der Waals surface area contributed by atoms with Crippen molar-refractivity contribution >= 4 is 43.2 Å². The Hall–Kier alpha value is -6.44. The van der Waals surface area contributed by atoms with Gasteiger partial charge >= 0.3 is 0 Å². The van der Waals surface area contributed by atoms with Crippen LogP contribution in [0, 0.1) is 0 Å². The highest BCUT2D eigenvalue weighted by Gasteiger charge is 2.40. The summed E-state index contributed by atoms with van der Waals surface area (Å²) < 4.78 is 44.9.